The van der Waals surface area contributed by atoms with E-state index in [-0.39, 0.29) is 11.9 Å². The van der Waals surface area contributed by atoms with Crippen LogP contribution in [0.5, 0.6) is 0 Å². The molecule has 0 radical (unpaired) electrons. The number of ether oxygens (including phenoxy) is 1. The van der Waals surface area contributed by atoms with E-state index in [0.29, 0.717) is 6.10 Å². The summed E-state index contributed by atoms with van der Waals surface area (Å²) < 4.78 is 5.45. The minimum atomic E-state index is -0.168. The average Bonchev–Trinajstić information content (AvgIpc) is 2.58. The van der Waals surface area contributed by atoms with Crippen LogP contribution in [0.25, 0.3) is 0 Å². The van der Waals surface area contributed by atoms with Crippen LogP contribution in [0, 0.1) is 0 Å². The van der Waals surface area contributed by atoms with Gasteiger partial charge in [-0.25, -0.2) is 0 Å². The van der Waals surface area contributed by atoms with Crippen molar-refractivity contribution in [2.45, 2.75) is 38.8 Å². The van der Waals surface area contributed by atoms with Gasteiger partial charge in [-0.05, 0) is 32.3 Å². The van der Waals surface area contributed by atoms with Gasteiger partial charge in [-0.3, -0.25) is 9.69 Å². The molecule has 1 aliphatic heterocycles. The van der Waals surface area contributed by atoms with E-state index in [4.69, 9.17) is 4.74 Å². The molecule has 1 fully saturated rings. The number of carbonyl (C=O) groups is 1. The predicted molar refractivity (Wildman–Crippen MR) is 88.7 cm³/mol. The first-order chi connectivity index (χ1) is 10.7. The number of amides is 1. The number of nitrogens with zero attached hydrogens (tertiary/aromatic N) is 2. The molecule has 1 aromatic carbocycles. The van der Waals surface area contributed by atoms with Crippen LogP contribution in [0.15, 0.2) is 30.3 Å². The zero-order chi connectivity index (χ0) is 15.9. The molecule has 0 saturated carbocycles. The largest absolute Gasteiger partial charge is 0.381 e. The van der Waals surface area contributed by atoms with Gasteiger partial charge in [-0.15, -0.1) is 0 Å². The highest BCUT2D eigenvalue weighted by Crippen LogP contribution is 2.27. The Bertz CT molecular complexity index is 451. The molecule has 1 amide bonds. The van der Waals surface area contributed by atoms with Crippen LogP contribution in [-0.2, 0) is 9.53 Å². The minimum absolute atomic E-state index is 0.168. The molecule has 0 spiro atoms. The molecule has 22 heavy (non-hydrogen) atoms. The lowest BCUT2D eigenvalue weighted by atomic mass is 9.99. The van der Waals surface area contributed by atoms with Crippen molar-refractivity contribution < 1.29 is 9.53 Å². The summed E-state index contributed by atoms with van der Waals surface area (Å²) in [5, 5.41) is 0. The van der Waals surface area contributed by atoms with Gasteiger partial charge in [0.1, 0.15) is 6.04 Å². The van der Waals surface area contributed by atoms with Crippen molar-refractivity contribution in [2.24, 2.45) is 0 Å². The molecule has 0 N–H and O–H groups in total. The zero-order valence-electron chi connectivity index (χ0n) is 14.0. The Morgan fingerprint density at radius 2 is 1.82 bits per heavy atom. The van der Waals surface area contributed by atoms with Gasteiger partial charge in [0.25, 0.3) is 0 Å². The Labute approximate surface area is 134 Å². The zero-order valence-corrected chi connectivity index (χ0v) is 14.0. The van der Waals surface area contributed by atoms with Gasteiger partial charge in [-0.1, -0.05) is 30.3 Å². The first-order valence-corrected chi connectivity index (χ1v) is 8.31. The SMILES string of the molecule is CCN(CC)C(=O)C(c1ccccc1)N1CCC(OC)CC1. The van der Waals surface area contributed by atoms with Crippen molar-refractivity contribution in [2.75, 3.05) is 33.3 Å². The van der Waals surface area contributed by atoms with E-state index >= 15 is 0 Å². The Morgan fingerprint density at radius 3 is 2.32 bits per heavy atom. The highest BCUT2D eigenvalue weighted by Gasteiger charge is 2.32. The fraction of sp³-hybridized carbons (Fsp3) is 0.611. The fourth-order valence-electron chi connectivity index (χ4n) is 3.22. The molecule has 1 aromatic rings. The minimum Gasteiger partial charge on any atom is -0.381 e. The monoisotopic (exact) mass is 304 g/mol. The molecule has 1 atom stereocenters. The van der Waals surface area contributed by atoms with Crippen molar-refractivity contribution in [3.8, 4) is 0 Å². The van der Waals surface area contributed by atoms with Crippen LogP contribution < -0.4 is 0 Å². The molecule has 0 aliphatic carbocycles. The van der Waals surface area contributed by atoms with Gasteiger partial charge < -0.3 is 9.64 Å². The van der Waals surface area contributed by atoms with E-state index in [2.05, 4.69) is 17.0 Å². The standard InChI is InChI=1S/C18H28N2O2/c1-4-19(5-2)18(21)17(15-9-7-6-8-10-15)20-13-11-16(22-3)12-14-20/h6-10,16-17H,4-5,11-14H2,1-3H3. The van der Waals surface area contributed by atoms with E-state index in [9.17, 15) is 4.79 Å². The van der Waals surface area contributed by atoms with Crippen LogP contribution in [0.1, 0.15) is 38.3 Å². The Balaban J connectivity index is 2.21. The summed E-state index contributed by atoms with van der Waals surface area (Å²) in [5.41, 5.74) is 1.09. The number of piperidine rings is 1. The van der Waals surface area contributed by atoms with Gasteiger partial charge in [-0.2, -0.15) is 0 Å². The molecule has 1 saturated heterocycles. The molecule has 122 valence electrons. The molecule has 1 aliphatic rings. The van der Waals surface area contributed by atoms with Crippen molar-refractivity contribution in [1.82, 2.24) is 9.80 Å². The molecular weight excluding hydrogens is 276 g/mol. The highest BCUT2D eigenvalue weighted by molar-refractivity contribution is 5.83. The van der Waals surface area contributed by atoms with Crippen molar-refractivity contribution in [3.05, 3.63) is 35.9 Å². The summed E-state index contributed by atoms with van der Waals surface area (Å²) >= 11 is 0. The summed E-state index contributed by atoms with van der Waals surface area (Å²) in [6.45, 7) is 7.41. The summed E-state index contributed by atoms with van der Waals surface area (Å²) in [4.78, 5) is 17.3. The third-order valence-electron chi connectivity index (χ3n) is 4.60. The second-order valence-electron chi connectivity index (χ2n) is 5.79. The summed E-state index contributed by atoms with van der Waals surface area (Å²) in [6, 6.07) is 9.99. The van der Waals surface area contributed by atoms with E-state index in [0.717, 1.165) is 44.6 Å². The maximum atomic E-state index is 13.0. The quantitative estimate of drug-likeness (QED) is 0.810. The first-order valence-electron chi connectivity index (χ1n) is 8.31. The van der Waals surface area contributed by atoms with Gasteiger partial charge in [0.15, 0.2) is 0 Å². The second-order valence-corrected chi connectivity index (χ2v) is 5.79. The molecule has 0 bridgehead atoms. The first kappa shape index (κ1) is 17.0. The molecular formula is C18H28N2O2. The third kappa shape index (κ3) is 3.87. The summed E-state index contributed by atoms with van der Waals surface area (Å²) in [5.74, 6) is 0.215. The predicted octanol–water partition coefficient (Wildman–Crippen LogP) is 2.71. The average molecular weight is 304 g/mol. The van der Waals surface area contributed by atoms with E-state index in [1.807, 2.05) is 36.9 Å². The number of carbonyl (C=O) groups excluding carboxylic acids is 1. The van der Waals surface area contributed by atoms with Crippen LogP contribution in [0.4, 0.5) is 0 Å². The molecule has 1 unspecified atom stereocenters. The van der Waals surface area contributed by atoms with Crippen LogP contribution >= 0.6 is 0 Å². The molecule has 1 heterocycles. The fourth-order valence-corrected chi connectivity index (χ4v) is 3.22. The van der Waals surface area contributed by atoms with Gasteiger partial charge in [0.05, 0.1) is 6.10 Å². The summed E-state index contributed by atoms with van der Waals surface area (Å²) in [7, 11) is 1.77. The van der Waals surface area contributed by atoms with Crippen molar-refractivity contribution >= 4 is 5.91 Å². The van der Waals surface area contributed by atoms with Crippen LogP contribution in [-0.4, -0.2) is 55.1 Å². The normalized spacial score (nSPS) is 18.1. The second kappa shape index (κ2) is 8.30. The van der Waals surface area contributed by atoms with Crippen molar-refractivity contribution in [3.63, 3.8) is 0 Å². The number of likely N-dealkylation sites (N-methyl/N-ethyl adjacent to an activating group) is 1. The lowest BCUT2D eigenvalue weighted by Gasteiger charge is -2.38. The van der Waals surface area contributed by atoms with E-state index < -0.39 is 0 Å². The van der Waals surface area contributed by atoms with Gasteiger partial charge >= 0.3 is 0 Å². The molecule has 0 aromatic heterocycles. The lowest BCUT2D eigenvalue weighted by molar-refractivity contribution is -0.138. The number of hydrogen-bond acceptors (Lipinski definition) is 3. The topological polar surface area (TPSA) is 32.8 Å². The number of hydrogen-bond donors (Lipinski definition) is 0. The number of benzene rings is 1. The van der Waals surface area contributed by atoms with E-state index in [1.54, 1.807) is 7.11 Å². The number of rotatable bonds is 6. The maximum Gasteiger partial charge on any atom is 0.244 e. The lowest BCUT2D eigenvalue weighted by Crippen LogP contribution is -2.46. The Morgan fingerprint density at radius 1 is 1.23 bits per heavy atom. The van der Waals surface area contributed by atoms with Crippen LogP contribution in [0.3, 0.4) is 0 Å². The Kier molecular flexibility index (Phi) is 6.40. The maximum absolute atomic E-state index is 13.0. The van der Waals surface area contributed by atoms with Gasteiger partial charge in [0, 0.05) is 33.3 Å². The van der Waals surface area contributed by atoms with E-state index in [1.165, 1.54) is 0 Å². The summed E-state index contributed by atoms with van der Waals surface area (Å²) in [6.07, 6.45) is 2.31. The third-order valence-corrected chi connectivity index (χ3v) is 4.60. The number of methoxy groups -OCH3 is 1. The molecule has 4 nitrogen and oxygen atoms in total. The number of likely N-dealkylation sites (tertiary alicyclic amines) is 1. The van der Waals surface area contributed by atoms with Crippen LogP contribution in [0.2, 0.25) is 0 Å². The molecule has 2 rings (SSSR count). The molecule has 4 heteroatoms. The van der Waals surface area contributed by atoms with Crippen molar-refractivity contribution in [1.29, 1.82) is 0 Å². The van der Waals surface area contributed by atoms with Gasteiger partial charge in [0.2, 0.25) is 5.91 Å². The smallest absolute Gasteiger partial charge is 0.244 e. The highest BCUT2D eigenvalue weighted by atomic mass is 16.5. The Hall–Kier alpha value is -1.39.